The van der Waals surface area contributed by atoms with Crippen molar-refractivity contribution in [3.8, 4) is 0 Å². The van der Waals surface area contributed by atoms with Crippen molar-refractivity contribution < 1.29 is 198 Å². The van der Waals surface area contributed by atoms with Gasteiger partial charge in [0.05, 0.1) is 52.9 Å². The Labute approximate surface area is 496 Å². The number of aliphatic hydroxyl groups is 24. The van der Waals surface area contributed by atoms with Gasteiger partial charge in [-0.1, -0.05) is 0 Å². The third-order valence-corrected chi connectivity index (χ3v) is 16.9. The zero-order valence-corrected chi connectivity index (χ0v) is 46.0. The minimum atomic E-state index is -2.25. The van der Waals surface area contributed by atoms with Gasteiger partial charge in [-0.2, -0.15) is 0 Å². The molecular weight excluding hydrogens is 1220 g/mol. The third kappa shape index (κ3) is 13.8. The monoisotopic (exact) mass is 1300 g/mol. The van der Waals surface area contributed by atoms with Crippen LogP contribution in [0, 0.1) is 0 Å². The van der Waals surface area contributed by atoms with E-state index in [4.69, 9.17) is 75.8 Å². The molecule has 30 heterocycles. The molecule has 30 saturated heterocycles. The second-order valence-corrected chi connectivity index (χ2v) is 22.5. The summed E-state index contributed by atoms with van der Waals surface area (Å²) < 4.78 is 91.1. The van der Waals surface area contributed by atoms with Gasteiger partial charge in [0.1, 0.15) is 195 Å². The molecule has 0 aliphatic carbocycles. The first-order chi connectivity index (χ1) is 41.9. The maximum atomic E-state index is 11.4. The van der Waals surface area contributed by atoms with Gasteiger partial charge in [0.15, 0.2) is 50.3 Å². The van der Waals surface area contributed by atoms with E-state index in [1.54, 1.807) is 0 Å². The first-order valence-corrected chi connectivity index (χ1v) is 28.1. The molecule has 30 aliphatic rings. The van der Waals surface area contributed by atoms with Crippen molar-refractivity contribution >= 4 is 0 Å². The van der Waals surface area contributed by atoms with Crippen LogP contribution in [0.3, 0.4) is 0 Å². The van der Waals surface area contributed by atoms with Crippen molar-refractivity contribution in [2.45, 2.75) is 246 Å². The lowest BCUT2D eigenvalue weighted by Crippen LogP contribution is -2.69. The Kier molecular flexibility index (Phi) is 24.1. The summed E-state index contributed by atoms with van der Waals surface area (Å²) in [4.78, 5) is 0. The van der Waals surface area contributed by atoms with Gasteiger partial charge in [-0.3, -0.25) is 0 Å². The Morgan fingerprint density at radius 3 is 0.307 bits per heavy atom. The highest BCUT2D eigenvalue weighted by molar-refractivity contribution is 5.02. The molecule has 30 aliphatic heterocycles. The molecule has 40 heteroatoms. The first-order valence-electron chi connectivity index (χ1n) is 28.1. The average molecular weight is 1300 g/mol. The van der Waals surface area contributed by atoms with Gasteiger partial charge in [-0.25, -0.2) is 0 Å². The van der Waals surface area contributed by atoms with Crippen LogP contribution >= 0.6 is 0 Å². The molecule has 0 aromatic rings. The average Bonchev–Trinajstić information content (AvgIpc) is 0.985. The smallest absolute Gasteiger partial charge is 0.187 e. The van der Waals surface area contributed by atoms with Crippen LogP contribution in [0.25, 0.3) is 0 Å². The molecule has 0 aromatic heterocycles. The van der Waals surface area contributed by atoms with Crippen LogP contribution in [-0.4, -0.2) is 421 Å². The van der Waals surface area contributed by atoms with E-state index in [1.807, 2.05) is 0 Å². The summed E-state index contributed by atoms with van der Waals surface area (Å²) >= 11 is 0. The number of hydrogen-bond acceptors (Lipinski definition) is 40. The molecule has 17 unspecified atom stereocenters. The molecule has 0 amide bonds. The molecule has 512 valence electrons. The van der Waals surface area contributed by atoms with Crippen LogP contribution in [0.5, 0.6) is 0 Å². The molecule has 88 heavy (non-hydrogen) atoms. The molecule has 0 spiro atoms. The first kappa shape index (κ1) is 70.7. The van der Waals surface area contributed by atoms with E-state index in [1.165, 1.54) is 0 Å². The van der Waals surface area contributed by atoms with Crippen LogP contribution in [0.4, 0.5) is 0 Å². The largest absolute Gasteiger partial charge is 0.394 e. The molecule has 30 rings (SSSR count). The summed E-state index contributed by atoms with van der Waals surface area (Å²) in [5.74, 6) is 0. The summed E-state index contributed by atoms with van der Waals surface area (Å²) in [6.45, 7) is -8.64. The SMILES string of the molecule is OCC1OC2O[C@@H]3C(CO)O[C@H](O[C@@H]4C(CO)O[C@H](O[C@@H]5C(CO)O[C@@H](O[C@@H]6C(CO)OC(O[C@@H]7C(CO)O[C@@H](O[C@@H]8C(CO)O[C@H](O[C@@H]9C(CO)O[C@H](OC1[C@H](O)[C@@H]2O)C(O)[C@H]9O)C(O)[C@H]8O)C(O)[C@H]7O)[C@@H](O)[C@H]6O)C(O)[C@H]5O)C(O)[C@H]4O)C(O)[C@H]3O. The number of aliphatic hydroxyl groups excluding tert-OH is 24. The van der Waals surface area contributed by atoms with Crippen LogP contribution in [0.2, 0.25) is 0 Å². The van der Waals surface area contributed by atoms with Crippen molar-refractivity contribution in [1.29, 1.82) is 0 Å². The third-order valence-electron chi connectivity index (χ3n) is 16.9. The van der Waals surface area contributed by atoms with Gasteiger partial charge in [-0.15, -0.1) is 0 Å². The van der Waals surface area contributed by atoms with Crippen molar-refractivity contribution in [1.82, 2.24) is 0 Å². The number of ether oxygens (including phenoxy) is 16. The number of hydrogen-bond donors (Lipinski definition) is 24. The van der Waals surface area contributed by atoms with Gasteiger partial charge in [0.25, 0.3) is 0 Å². The highest BCUT2D eigenvalue weighted by Crippen LogP contribution is 2.40. The molecule has 24 N–H and O–H groups in total. The second-order valence-electron chi connectivity index (χ2n) is 22.5. The van der Waals surface area contributed by atoms with Crippen molar-refractivity contribution in [3.05, 3.63) is 0 Å². The van der Waals surface area contributed by atoms with Crippen LogP contribution in [-0.2, 0) is 75.8 Å². The topological polar surface area (TPSA) is 633 Å². The predicted octanol–water partition coefficient (Wildman–Crippen LogP) is -17.4. The molecular formula is C48H80O40. The van der Waals surface area contributed by atoms with Gasteiger partial charge in [0, 0.05) is 0 Å². The van der Waals surface area contributed by atoms with Gasteiger partial charge in [0.2, 0.25) is 0 Å². The fraction of sp³-hybridized carbons (Fsp3) is 1.00. The van der Waals surface area contributed by atoms with Gasteiger partial charge < -0.3 is 198 Å². The maximum absolute atomic E-state index is 11.4. The molecule has 0 saturated carbocycles. The Morgan fingerprint density at radius 2 is 0.227 bits per heavy atom. The molecule has 40 nitrogen and oxygen atoms in total. The maximum Gasteiger partial charge on any atom is 0.187 e. The predicted molar refractivity (Wildman–Crippen MR) is 261 cm³/mol. The second kappa shape index (κ2) is 30.0. The van der Waals surface area contributed by atoms with E-state index in [9.17, 15) is 123 Å². The fourth-order valence-corrected chi connectivity index (χ4v) is 11.9. The summed E-state index contributed by atoms with van der Waals surface area (Å²) in [5, 5.41) is 265. The van der Waals surface area contributed by atoms with E-state index in [0.29, 0.717) is 0 Å². The molecule has 0 radical (unpaired) electrons. The highest BCUT2D eigenvalue weighted by Gasteiger charge is 2.60. The standard InChI is InChI=1S/C48H80O40/c49-1-9-33-17(57)25(65)41(73-9)82-34-10(2-50)75-43(27(67)19(34)59)84-36-12(4-52)77-45(29(69)21(36)61)86-38-14(6-54)79-47(31(71)23(38)63)88-40-16(8-56)80-48(32(72)24(40)64)87-39-15(7-55)78-46(30(70)22(39)62)85-37-13(5-53)76-44(28(68)20(37)60)83-35-11(3-51)74-42(81-33)26(66)18(35)58/h9-72H,1-8H2/t9?,10?,11?,12?,13?,14?,15?,16?,17-,18-,19-,20-,21-,22-,23-,24-,25+,26?,27?,28?,29?,30?,31?,32+,33-,34-,35-,36-,37-,38-,39-,40?,41?,42+,43+,44-,45-,46-,47-,48?/m1/s1. The minimum Gasteiger partial charge on any atom is -0.394 e. The van der Waals surface area contributed by atoms with Crippen LogP contribution < -0.4 is 0 Å². The van der Waals surface area contributed by atoms with E-state index >= 15 is 0 Å². The Hall–Kier alpha value is -1.60. The Morgan fingerprint density at radius 1 is 0.136 bits per heavy atom. The van der Waals surface area contributed by atoms with Crippen molar-refractivity contribution in [3.63, 3.8) is 0 Å². The van der Waals surface area contributed by atoms with E-state index in [-0.39, 0.29) is 0 Å². The van der Waals surface area contributed by atoms with E-state index in [2.05, 4.69) is 0 Å². The van der Waals surface area contributed by atoms with E-state index in [0.717, 1.165) is 0 Å². The minimum absolute atomic E-state index is 1.08. The fourth-order valence-electron chi connectivity index (χ4n) is 11.9. The molecule has 0 aromatic carbocycles. The molecule has 30 fully saturated rings. The zero-order valence-electron chi connectivity index (χ0n) is 46.0. The lowest BCUT2D eigenvalue weighted by atomic mass is 9.94. The quantitative estimate of drug-likeness (QED) is 0.107. The normalized spacial score (nSPS) is 55.4. The zero-order chi connectivity index (χ0) is 64.1. The summed E-state index contributed by atoms with van der Waals surface area (Å²) in [6.07, 6.45) is -82.0. The van der Waals surface area contributed by atoms with Crippen LogP contribution in [0.15, 0.2) is 0 Å². The Balaban J connectivity index is 0.975. The lowest BCUT2D eigenvalue weighted by molar-refractivity contribution is -0.404. The number of rotatable bonds is 8. The summed E-state index contributed by atoms with van der Waals surface area (Å²) in [5.41, 5.74) is 0. The van der Waals surface area contributed by atoms with Crippen LogP contribution in [0.1, 0.15) is 0 Å². The Bertz CT molecular complexity index is 1700. The summed E-state index contributed by atoms with van der Waals surface area (Å²) in [6, 6.07) is 0. The highest BCUT2D eigenvalue weighted by atomic mass is 16.8. The van der Waals surface area contributed by atoms with Crippen molar-refractivity contribution in [2.24, 2.45) is 0 Å². The molecule has 40 atom stereocenters. The summed E-state index contributed by atoms with van der Waals surface area (Å²) in [7, 11) is 0. The van der Waals surface area contributed by atoms with E-state index < -0.39 is 299 Å². The molecule has 16 bridgehead atoms. The van der Waals surface area contributed by atoms with Gasteiger partial charge >= 0.3 is 0 Å². The van der Waals surface area contributed by atoms with Crippen molar-refractivity contribution in [2.75, 3.05) is 52.9 Å². The van der Waals surface area contributed by atoms with Gasteiger partial charge in [-0.05, 0) is 0 Å². The lowest BCUT2D eigenvalue weighted by Gasteiger charge is -2.50.